The van der Waals surface area contributed by atoms with E-state index in [-0.39, 0.29) is 10.6 Å². The summed E-state index contributed by atoms with van der Waals surface area (Å²) in [5.74, 6) is -0.485. The summed E-state index contributed by atoms with van der Waals surface area (Å²) in [5, 5.41) is 16.4. The van der Waals surface area contributed by atoms with E-state index in [9.17, 15) is 13.2 Å². The lowest BCUT2D eigenvalue weighted by Gasteiger charge is -2.11. The van der Waals surface area contributed by atoms with Crippen LogP contribution in [0.15, 0.2) is 29.2 Å². The number of hydrogen-bond donors (Lipinski definition) is 2. The van der Waals surface area contributed by atoms with Gasteiger partial charge in [-0.15, -0.1) is 0 Å². The van der Waals surface area contributed by atoms with Gasteiger partial charge in [0, 0.05) is 0 Å². The summed E-state index contributed by atoms with van der Waals surface area (Å²) in [6.45, 7) is 0. The number of benzene rings is 1. The molecule has 2 rings (SSSR count). The van der Waals surface area contributed by atoms with E-state index >= 15 is 0 Å². The maximum atomic E-state index is 11.8. The average molecular weight is 265 g/mol. The topological polar surface area (TPSA) is 113 Å². The molecule has 0 heterocycles. The van der Waals surface area contributed by atoms with E-state index in [0.29, 0.717) is 12.8 Å². The zero-order valence-corrected chi connectivity index (χ0v) is 10.2. The maximum Gasteiger partial charge on any atom is 0.244 e. The summed E-state index contributed by atoms with van der Waals surface area (Å²) in [4.78, 5) is 11.7. The molecular weight excluding hydrogens is 254 g/mol. The fraction of sp³-hybridized carbons (Fsp3) is 0.273. The quantitative estimate of drug-likeness (QED) is 0.831. The van der Waals surface area contributed by atoms with E-state index in [4.69, 9.17) is 10.4 Å². The van der Waals surface area contributed by atoms with Crippen molar-refractivity contribution in [3.05, 3.63) is 24.3 Å². The highest BCUT2D eigenvalue weighted by molar-refractivity contribution is 7.89. The van der Waals surface area contributed by atoms with Gasteiger partial charge >= 0.3 is 0 Å². The van der Waals surface area contributed by atoms with Crippen LogP contribution in [0.1, 0.15) is 12.8 Å². The third-order valence-electron chi connectivity index (χ3n) is 2.84. The molecule has 1 aromatic carbocycles. The minimum atomic E-state index is -3.91. The Labute approximate surface area is 104 Å². The van der Waals surface area contributed by atoms with Gasteiger partial charge in [-0.3, -0.25) is 4.79 Å². The number of rotatable bonds is 3. The summed E-state index contributed by atoms with van der Waals surface area (Å²) in [7, 11) is -3.91. The first-order valence-corrected chi connectivity index (χ1v) is 6.78. The van der Waals surface area contributed by atoms with Crippen LogP contribution in [0.5, 0.6) is 0 Å². The second-order valence-electron chi connectivity index (χ2n) is 4.19. The van der Waals surface area contributed by atoms with Crippen LogP contribution in [0.3, 0.4) is 0 Å². The van der Waals surface area contributed by atoms with Gasteiger partial charge in [0.15, 0.2) is 0 Å². The van der Waals surface area contributed by atoms with Crippen LogP contribution in [0.2, 0.25) is 0 Å². The third-order valence-corrected chi connectivity index (χ3v) is 3.81. The van der Waals surface area contributed by atoms with Gasteiger partial charge in [-0.05, 0) is 25.0 Å². The van der Waals surface area contributed by atoms with E-state index in [1.165, 1.54) is 18.2 Å². The molecule has 1 saturated carbocycles. The van der Waals surface area contributed by atoms with Crippen molar-refractivity contribution in [3.8, 4) is 6.07 Å². The monoisotopic (exact) mass is 265 g/mol. The molecular formula is C11H11N3O3S. The Kier molecular flexibility index (Phi) is 2.84. The Morgan fingerprint density at radius 2 is 2.00 bits per heavy atom. The Hall–Kier alpha value is -1.91. The molecule has 0 saturated heterocycles. The Morgan fingerprint density at radius 1 is 1.39 bits per heavy atom. The third kappa shape index (κ3) is 2.20. The molecule has 1 amide bonds. The number of nitrogens with two attached hydrogens (primary N) is 1. The largest absolute Gasteiger partial charge is 0.323 e. The number of carbonyl (C=O) groups is 1. The first-order valence-electron chi connectivity index (χ1n) is 5.24. The minimum Gasteiger partial charge on any atom is -0.323 e. The molecule has 1 aromatic rings. The number of hydrogen-bond acceptors (Lipinski definition) is 4. The van der Waals surface area contributed by atoms with E-state index in [1.54, 1.807) is 6.07 Å². The van der Waals surface area contributed by atoms with E-state index in [1.807, 2.05) is 6.07 Å². The molecule has 0 aliphatic heterocycles. The lowest BCUT2D eigenvalue weighted by molar-refractivity contribution is -0.119. The number of sulfonamides is 1. The van der Waals surface area contributed by atoms with Crippen LogP contribution in [0.4, 0.5) is 5.69 Å². The van der Waals surface area contributed by atoms with Crippen LogP contribution in [0, 0.1) is 16.7 Å². The average Bonchev–Trinajstić information content (AvgIpc) is 3.09. The molecule has 1 aliphatic rings. The predicted octanol–water partition coefficient (Wildman–Crippen LogP) is 0.576. The molecule has 94 valence electrons. The van der Waals surface area contributed by atoms with Crippen LogP contribution in [-0.4, -0.2) is 14.3 Å². The van der Waals surface area contributed by atoms with Crippen molar-refractivity contribution in [2.75, 3.05) is 5.32 Å². The number of primary sulfonamides is 1. The summed E-state index contributed by atoms with van der Waals surface area (Å²) in [5.41, 5.74) is -0.905. The van der Waals surface area contributed by atoms with Crippen molar-refractivity contribution in [2.45, 2.75) is 17.7 Å². The standard InChI is InChI=1S/C11H11N3O3S/c12-7-11(5-6-11)10(15)14-8-3-1-2-4-9(8)18(13,16)17/h1-4H,5-6H2,(H,14,15)(H2,13,16,17). The van der Waals surface area contributed by atoms with Gasteiger partial charge in [0.05, 0.1) is 11.8 Å². The Balaban J connectivity index is 2.31. The van der Waals surface area contributed by atoms with Gasteiger partial charge in [-0.2, -0.15) is 5.26 Å². The van der Waals surface area contributed by atoms with Crippen LogP contribution >= 0.6 is 0 Å². The van der Waals surface area contributed by atoms with Gasteiger partial charge in [-0.25, -0.2) is 13.6 Å². The van der Waals surface area contributed by atoms with Crippen molar-refractivity contribution < 1.29 is 13.2 Å². The summed E-state index contributed by atoms with van der Waals surface area (Å²) in [6, 6.07) is 7.76. The second-order valence-corrected chi connectivity index (χ2v) is 5.72. The zero-order valence-electron chi connectivity index (χ0n) is 9.38. The number of carbonyl (C=O) groups excluding carboxylic acids is 1. The molecule has 1 fully saturated rings. The van der Waals surface area contributed by atoms with Crippen molar-refractivity contribution in [1.82, 2.24) is 0 Å². The number of anilines is 1. The molecule has 0 atom stereocenters. The van der Waals surface area contributed by atoms with Gasteiger partial charge in [0.2, 0.25) is 15.9 Å². The smallest absolute Gasteiger partial charge is 0.244 e. The number of para-hydroxylation sites is 1. The molecule has 0 radical (unpaired) electrons. The number of nitrogens with zero attached hydrogens (tertiary/aromatic N) is 1. The molecule has 0 aromatic heterocycles. The number of nitriles is 1. The molecule has 6 nitrogen and oxygen atoms in total. The maximum absolute atomic E-state index is 11.8. The van der Waals surface area contributed by atoms with Gasteiger partial charge in [-0.1, -0.05) is 12.1 Å². The van der Waals surface area contributed by atoms with Crippen LogP contribution in [0.25, 0.3) is 0 Å². The lowest BCUT2D eigenvalue weighted by atomic mass is 10.1. The molecule has 7 heteroatoms. The lowest BCUT2D eigenvalue weighted by Crippen LogP contribution is -2.24. The number of amides is 1. The first-order chi connectivity index (χ1) is 8.39. The van der Waals surface area contributed by atoms with E-state index < -0.39 is 21.3 Å². The normalized spacial score (nSPS) is 16.7. The molecule has 1 aliphatic carbocycles. The van der Waals surface area contributed by atoms with Crippen molar-refractivity contribution in [2.24, 2.45) is 10.6 Å². The molecule has 3 N–H and O–H groups in total. The molecule has 18 heavy (non-hydrogen) atoms. The predicted molar refractivity (Wildman–Crippen MR) is 63.7 cm³/mol. The summed E-state index contributed by atoms with van der Waals surface area (Å²) < 4.78 is 22.7. The Morgan fingerprint density at radius 3 is 2.50 bits per heavy atom. The Bertz CT molecular complexity index is 642. The van der Waals surface area contributed by atoms with Gasteiger partial charge in [0.1, 0.15) is 10.3 Å². The highest BCUT2D eigenvalue weighted by atomic mass is 32.2. The summed E-state index contributed by atoms with van der Waals surface area (Å²) in [6.07, 6.45) is 0.986. The fourth-order valence-corrected chi connectivity index (χ4v) is 2.27. The first kappa shape index (κ1) is 12.5. The zero-order chi connectivity index (χ0) is 13.4. The van der Waals surface area contributed by atoms with Gasteiger partial charge in [0.25, 0.3) is 0 Å². The highest BCUT2D eigenvalue weighted by Crippen LogP contribution is 2.45. The fourth-order valence-electron chi connectivity index (χ4n) is 1.57. The van der Waals surface area contributed by atoms with E-state index in [2.05, 4.69) is 5.32 Å². The number of nitrogens with one attached hydrogen (secondary N) is 1. The van der Waals surface area contributed by atoms with Crippen molar-refractivity contribution in [3.63, 3.8) is 0 Å². The van der Waals surface area contributed by atoms with Gasteiger partial charge < -0.3 is 5.32 Å². The molecule has 0 unspecified atom stereocenters. The van der Waals surface area contributed by atoms with Crippen molar-refractivity contribution >= 4 is 21.6 Å². The van der Waals surface area contributed by atoms with Crippen LogP contribution in [-0.2, 0) is 14.8 Å². The van der Waals surface area contributed by atoms with Crippen LogP contribution < -0.4 is 10.5 Å². The second kappa shape index (κ2) is 4.08. The summed E-state index contributed by atoms with van der Waals surface area (Å²) >= 11 is 0. The van der Waals surface area contributed by atoms with E-state index in [0.717, 1.165) is 0 Å². The minimum absolute atomic E-state index is 0.103. The SMILES string of the molecule is N#CC1(C(=O)Nc2ccccc2S(N)(=O)=O)CC1. The van der Waals surface area contributed by atoms with Crippen molar-refractivity contribution in [1.29, 1.82) is 5.26 Å². The highest BCUT2D eigenvalue weighted by Gasteiger charge is 2.50. The molecule has 0 bridgehead atoms. The molecule has 0 spiro atoms.